The number of pyridine rings is 1. The lowest BCUT2D eigenvalue weighted by atomic mass is 10.0. The Kier molecular flexibility index (Phi) is 3.36. The van der Waals surface area contributed by atoms with Gasteiger partial charge in [0, 0.05) is 18.5 Å². The second-order valence-corrected chi connectivity index (χ2v) is 4.51. The molecule has 1 N–H and O–H groups in total. The van der Waals surface area contributed by atoms with Crippen LogP contribution in [0.5, 0.6) is 5.75 Å². The zero-order valence-corrected chi connectivity index (χ0v) is 11.0. The fourth-order valence-corrected chi connectivity index (χ4v) is 2.03. The van der Waals surface area contributed by atoms with E-state index in [9.17, 15) is 4.39 Å². The third kappa shape index (κ3) is 2.10. The number of rotatable bonds is 3. The van der Waals surface area contributed by atoms with Gasteiger partial charge in [0.1, 0.15) is 22.9 Å². The third-order valence-electron chi connectivity index (χ3n) is 2.96. The van der Waals surface area contributed by atoms with Gasteiger partial charge in [0.25, 0.3) is 0 Å². The first-order chi connectivity index (χ1) is 8.56. The molecule has 0 unspecified atom stereocenters. The maximum atomic E-state index is 13.5. The van der Waals surface area contributed by atoms with Crippen molar-refractivity contribution in [3.8, 4) is 5.75 Å². The molecule has 2 rings (SSSR count). The van der Waals surface area contributed by atoms with Gasteiger partial charge in [0.15, 0.2) is 0 Å². The molecule has 3 nitrogen and oxygen atoms in total. The van der Waals surface area contributed by atoms with Crippen LogP contribution in [0.15, 0.2) is 18.2 Å². The second kappa shape index (κ2) is 4.80. The minimum absolute atomic E-state index is 0.312. The molecular formula is C14H17FN2O. The molecule has 1 aromatic heterocycles. The Morgan fingerprint density at radius 2 is 2.00 bits per heavy atom. The van der Waals surface area contributed by atoms with Crippen molar-refractivity contribution >= 4 is 16.7 Å². The third-order valence-corrected chi connectivity index (χ3v) is 2.96. The van der Waals surface area contributed by atoms with Gasteiger partial charge in [-0.1, -0.05) is 13.8 Å². The number of fused-ring (bicyclic) bond motifs is 1. The lowest BCUT2D eigenvalue weighted by Crippen LogP contribution is -2.02. The minimum Gasteiger partial charge on any atom is -0.494 e. The summed E-state index contributed by atoms with van der Waals surface area (Å²) < 4.78 is 18.7. The van der Waals surface area contributed by atoms with E-state index in [0.29, 0.717) is 17.2 Å². The fourth-order valence-electron chi connectivity index (χ4n) is 2.03. The number of anilines is 1. The maximum absolute atomic E-state index is 13.5. The standard InChI is InChI=1S/C14H17FN2O/c1-8(2)11-6-9-5-10(15)7-12(18-4)13(9)17-14(11)16-3/h5-8H,1-4H3,(H,16,17). The summed E-state index contributed by atoms with van der Waals surface area (Å²) in [5, 5.41) is 3.83. The number of aromatic nitrogens is 1. The van der Waals surface area contributed by atoms with E-state index in [1.54, 1.807) is 0 Å². The van der Waals surface area contributed by atoms with Gasteiger partial charge in [0.2, 0.25) is 0 Å². The van der Waals surface area contributed by atoms with Crippen LogP contribution in [0.4, 0.5) is 10.2 Å². The molecule has 1 aromatic carbocycles. The summed E-state index contributed by atoms with van der Waals surface area (Å²) in [6, 6.07) is 4.80. The van der Waals surface area contributed by atoms with Gasteiger partial charge in [-0.2, -0.15) is 0 Å². The Hall–Kier alpha value is -1.84. The number of hydrogen-bond donors (Lipinski definition) is 1. The summed E-state index contributed by atoms with van der Waals surface area (Å²) in [7, 11) is 3.35. The quantitative estimate of drug-likeness (QED) is 0.902. The van der Waals surface area contributed by atoms with E-state index in [1.165, 1.54) is 19.2 Å². The van der Waals surface area contributed by atoms with Crippen molar-refractivity contribution in [2.75, 3.05) is 19.5 Å². The molecule has 0 aliphatic rings. The second-order valence-electron chi connectivity index (χ2n) is 4.51. The van der Waals surface area contributed by atoms with Crippen LogP contribution in [-0.4, -0.2) is 19.1 Å². The van der Waals surface area contributed by atoms with E-state index in [4.69, 9.17) is 4.74 Å². The van der Waals surface area contributed by atoms with E-state index < -0.39 is 0 Å². The highest BCUT2D eigenvalue weighted by molar-refractivity contribution is 5.87. The van der Waals surface area contributed by atoms with Crippen LogP contribution in [0.1, 0.15) is 25.3 Å². The summed E-state index contributed by atoms with van der Waals surface area (Å²) in [5.41, 5.74) is 1.74. The van der Waals surface area contributed by atoms with Crippen LogP contribution < -0.4 is 10.1 Å². The van der Waals surface area contributed by atoms with Crippen molar-refractivity contribution in [2.24, 2.45) is 0 Å². The lowest BCUT2D eigenvalue weighted by Gasteiger charge is -2.14. The Morgan fingerprint density at radius 3 is 2.56 bits per heavy atom. The minimum atomic E-state index is -0.312. The molecule has 0 aliphatic carbocycles. The van der Waals surface area contributed by atoms with Crippen molar-refractivity contribution in [1.29, 1.82) is 0 Å². The Morgan fingerprint density at radius 1 is 1.28 bits per heavy atom. The number of ether oxygens (including phenoxy) is 1. The zero-order valence-electron chi connectivity index (χ0n) is 11.0. The topological polar surface area (TPSA) is 34.2 Å². The molecule has 1 heterocycles. The van der Waals surface area contributed by atoms with E-state index in [2.05, 4.69) is 24.1 Å². The fraction of sp³-hybridized carbons (Fsp3) is 0.357. The summed E-state index contributed by atoms with van der Waals surface area (Å²) >= 11 is 0. The molecule has 0 bridgehead atoms. The Labute approximate surface area is 106 Å². The first-order valence-corrected chi connectivity index (χ1v) is 5.92. The molecule has 0 amide bonds. The van der Waals surface area contributed by atoms with Gasteiger partial charge in [-0.3, -0.25) is 0 Å². The van der Waals surface area contributed by atoms with Gasteiger partial charge >= 0.3 is 0 Å². The predicted molar refractivity (Wildman–Crippen MR) is 71.9 cm³/mol. The average Bonchev–Trinajstić information content (AvgIpc) is 2.35. The number of methoxy groups -OCH3 is 1. The lowest BCUT2D eigenvalue weighted by molar-refractivity contribution is 0.415. The summed E-state index contributed by atoms with van der Waals surface area (Å²) in [6.07, 6.45) is 0. The zero-order chi connectivity index (χ0) is 13.3. The summed E-state index contributed by atoms with van der Waals surface area (Å²) in [5.74, 6) is 1.27. The molecule has 2 aromatic rings. The molecule has 0 atom stereocenters. The number of halogens is 1. The predicted octanol–water partition coefficient (Wildman–Crippen LogP) is 3.55. The average molecular weight is 248 g/mol. The molecule has 0 saturated heterocycles. The summed E-state index contributed by atoms with van der Waals surface area (Å²) in [4.78, 5) is 4.52. The van der Waals surface area contributed by atoms with Crippen molar-refractivity contribution in [3.05, 3.63) is 29.6 Å². The van der Waals surface area contributed by atoms with Gasteiger partial charge in [-0.15, -0.1) is 0 Å². The van der Waals surface area contributed by atoms with E-state index in [-0.39, 0.29) is 5.82 Å². The highest BCUT2D eigenvalue weighted by atomic mass is 19.1. The molecule has 0 radical (unpaired) electrons. The van der Waals surface area contributed by atoms with Crippen molar-refractivity contribution in [2.45, 2.75) is 19.8 Å². The first-order valence-electron chi connectivity index (χ1n) is 5.92. The van der Waals surface area contributed by atoms with Crippen molar-refractivity contribution < 1.29 is 9.13 Å². The maximum Gasteiger partial charge on any atom is 0.148 e. The SMILES string of the molecule is CNc1nc2c(OC)cc(F)cc2cc1C(C)C. The molecule has 0 spiro atoms. The van der Waals surface area contributed by atoms with E-state index in [1.807, 2.05) is 13.1 Å². The van der Waals surface area contributed by atoms with Crippen LogP contribution >= 0.6 is 0 Å². The molecule has 0 aliphatic heterocycles. The highest BCUT2D eigenvalue weighted by Crippen LogP contribution is 2.31. The molecule has 0 saturated carbocycles. The largest absolute Gasteiger partial charge is 0.494 e. The van der Waals surface area contributed by atoms with Crippen LogP contribution in [0.25, 0.3) is 10.9 Å². The molecule has 96 valence electrons. The molecule has 18 heavy (non-hydrogen) atoms. The van der Waals surface area contributed by atoms with Gasteiger partial charge in [-0.25, -0.2) is 9.37 Å². The first kappa shape index (κ1) is 12.6. The number of benzene rings is 1. The Balaban J connectivity index is 2.78. The monoisotopic (exact) mass is 248 g/mol. The van der Waals surface area contributed by atoms with Gasteiger partial charge in [0.05, 0.1) is 7.11 Å². The van der Waals surface area contributed by atoms with Crippen LogP contribution in [0, 0.1) is 5.82 Å². The van der Waals surface area contributed by atoms with Crippen LogP contribution in [-0.2, 0) is 0 Å². The van der Waals surface area contributed by atoms with Crippen LogP contribution in [0.3, 0.4) is 0 Å². The van der Waals surface area contributed by atoms with Crippen molar-refractivity contribution in [1.82, 2.24) is 4.98 Å². The molecular weight excluding hydrogens is 231 g/mol. The number of hydrogen-bond acceptors (Lipinski definition) is 3. The number of nitrogens with zero attached hydrogens (tertiary/aromatic N) is 1. The Bertz CT molecular complexity index is 582. The number of nitrogens with one attached hydrogen (secondary N) is 1. The smallest absolute Gasteiger partial charge is 0.148 e. The highest BCUT2D eigenvalue weighted by Gasteiger charge is 2.13. The van der Waals surface area contributed by atoms with E-state index in [0.717, 1.165) is 16.8 Å². The van der Waals surface area contributed by atoms with Gasteiger partial charge < -0.3 is 10.1 Å². The summed E-state index contributed by atoms with van der Waals surface area (Å²) in [6.45, 7) is 4.17. The normalized spacial score (nSPS) is 11.0. The molecule has 0 fully saturated rings. The molecule has 4 heteroatoms. The van der Waals surface area contributed by atoms with E-state index >= 15 is 0 Å². The van der Waals surface area contributed by atoms with Crippen LogP contribution in [0.2, 0.25) is 0 Å². The van der Waals surface area contributed by atoms with Gasteiger partial charge in [-0.05, 0) is 23.6 Å². The van der Waals surface area contributed by atoms with Crippen molar-refractivity contribution in [3.63, 3.8) is 0 Å².